The number of H-pyrrole nitrogens is 1. The molecule has 136 valence electrons. The molecule has 0 atom stereocenters. The highest BCUT2D eigenvalue weighted by Crippen LogP contribution is 2.20. The quantitative estimate of drug-likeness (QED) is 0.494. The summed E-state index contributed by atoms with van der Waals surface area (Å²) in [6.07, 6.45) is 6.00. The van der Waals surface area contributed by atoms with E-state index in [2.05, 4.69) is 42.6 Å². The summed E-state index contributed by atoms with van der Waals surface area (Å²) in [4.78, 5) is 3.25. The molecule has 5 rings (SSSR count). The molecule has 0 saturated carbocycles. The number of imidazole rings is 1. The molecule has 27 heavy (non-hydrogen) atoms. The van der Waals surface area contributed by atoms with Crippen molar-refractivity contribution in [3.8, 4) is 11.3 Å². The van der Waals surface area contributed by atoms with E-state index in [0.29, 0.717) is 5.76 Å². The highest BCUT2D eigenvalue weighted by Gasteiger charge is 2.18. The maximum atomic E-state index is 10.2. The number of aliphatic hydroxyl groups excluding tert-OH is 1. The van der Waals surface area contributed by atoms with Crippen molar-refractivity contribution in [2.45, 2.75) is 6.92 Å². The molecule has 1 aliphatic rings. The zero-order valence-electron chi connectivity index (χ0n) is 15.2. The van der Waals surface area contributed by atoms with Crippen LogP contribution in [-0.4, -0.2) is 40.8 Å². The van der Waals surface area contributed by atoms with E-state index in [0.717, 1.165) is 54.1 Å². The van der Waals surface area contributed by atoms with Gasteiger partial charge < -0.3 is 14.2 Å². The van der Waals surface area contributed by atoms with Crippen LogP contribution in [-0.2, 0) is 4.74 Å². The second-order valence-electron chi connectivity index (χ2n) is 6.89. The van der Waals surface area contributed by atoms with Crippen LogP contribution in [0.3, 0.4) is 0 Å². The minimum atomic E-state index is 0.307. The molecular formula is C21H22N4O2+2. The van der Waals surface area contributed by atoms with Crippen LogP contribution < -0.4 is 19.7 Å². The average Bonchev–Trinajstić information content (AvgIpc) is 3.33. The number of morpholine rings is 1. The Morgan fingerprint density at radius 2 is 2.04 bits per heavy atom. The van der Waals surface area contributed by atoms with Crippen molar-refractivity contribution in [2.75, 3.05) is 26.3 Å². The number of aliphatic hydroxyl groups is 1. The maximum absolute atomic E-state index is 10.2. The standard InChI is InChI=1S/C21H20N4O2/c1-15(26)19-14-17(18-3-2-4-21-22-6-8-25(18)21)20-13-16(5-7-24(19)20)23-9-11-27-12-10-23/h2-8,13-14H,9-12H2,1H3/p+2. The van der Waals surface area contributed by atoms with Gasteiger partial charge in [0.2, 0.25) is 5.36 Å². The molecule has 1 fully saturated rings. The Kier molecular flexibility index (Phi) is 3.72. The van der Waals surface area contributed by atoms with Crippen LogP contribution in [0.5, 0.6) is 0 Å². The SMILES string of the molecule is C/C(O)=c1\cc(-c2cccc3[nH]cc[n+]23)c2cc(=[N+]3CCOCC3)ccn12. The molecule has 0 amide bonds. The minimum absolute atomic E-state index is 0.307. The summed E-state index contributed by atoms with van der Waals surface area (Å²) < 4.78 is 12.0. The van der Waals surface area contributed by atoms with Crippen molar-refractivity contribution >= 4 is 16.9 Å². The molecule has 6 heteroatoms. The Bertz CT molecular complexity index is 1270. The first kappa shape index (κ1) is 16.1. The van der Waals surface area contributed by atoms with Crippen LogP contribution in [0.2, 0.25) is 0 Å². The Morgan fingerprint density at radius 1 is 1.19 bits per heavy atom. The number of nitrogens with zero attached hydrogens (tertiary/aromatic N) is 3. The van der Waals surface area contributed by atoms with Crippen LogP contribution in [0.1, 0.15) is 6.92 Å². The summed E-state index contributed by atoms with van der Waals surface area (Å²) in [6.45, 7) is 5.03. The molecule has 0 radical (unpaired) electrons. The van der Waals surface area contributed by atoms with E-state index in [4.69, 9.17) is 4.74 Å². The molecule has 1 aliphatic heterocycles. The van der Waals surface area contributed by atoms with Crippen molar-refractivity contribution in [3.05, 3.63) is 65.7 Å². The smallest absolute Gasteiger partial charge is 0.284 e. The lowest BCUT2D eigenvalue weighted by molar-refractivity contribution is -0.497. The number of hydrogen-bond acceptors (Lipinski definition) is 2. The lowest BCUT2D eigenvalue weighted by Crippen LogP contribution is -2.39. The largest absolute Gasteiger partial charge is 0.510 e. The minimum Gasteiger partial charge on any atom is -0.510 e. The van der Waals surface area contributed by atoms with Crippen molar-refractivity contribution in [1.82, 2.24) is 14.0 Å². The number of nitrogens with one attached hydrogen (secondary N) is 1. The number of aromatic nitrogens is 3. The van der Waals surface area contributed by atoms with Gasteiger partial charge in [0.05, 0.1) is 10.9 Å². The highest BCUT2D eigenvalue weighted by atomic mass is 16.5. The van der Waals surface area contributed by atoms with E-state index in [9.17, 15) is 5.11 Å². The third kappa shape index (κ3) is 2.61. The first-order valence-electron chi connectivity index (χ1n) is 9.21. The summed E-state index contributed by atoms with van der Waals surface area (Å²) >= 11 is 0. The van der Waals surface area contributed by atoms with E-state index >= 15 is 0 Å². The van der Waals surface area contributed by atoms with Gasteiger partial charge in [0.15, 0.2) is 13.1 Å². The van der Waals surface area contributed by atoms with E-state index in [1.165, 1.54) is 5.36 Å². The average molecular weight is 362 g/mol. The molecular weight excluding hydrogens is 340 g/mol. The molecule has 4 aromatic heterocycles. The predicted octanol–water partition coefficient (Wildman–Crippen LogP) is 0.880. The van der Waals surface area contributed by atoms with Gasteiger partial charge in [-0.25, -0.2) is 9.56 Å². The van der Waals surface area contributed by atoms with Gasteiger partial charge in [-0.2, -0.15) is 4.40 Å². The van der Waals surface area contributed by atoms with Crippen molar-refractivity contribution in [1.29, 1.82) is 0 Å². The van der Waals surface area contributed by atoms with Gasteiger partial charge in [0.1, 0.15) is 37.1 Å². The Labute approximate surface area is 155 Å². The van der Waals surface area contributed by atoms with Gasteiger partial charge in [-0.15, -0.1) is 0 Å². The van der Waals surface area contributed by atoms with Crippen LogP contribution in [0, 0.1) is 0 Å². The molecule has 0 spiro atoms. The monoisotopic (exact) mass is 362 g/mol. The topological polar surface area (TPSA) is 56.8 Å². The number of ether oxygens (including phenoxy) is 1. The molecule has 0 aliphatic carbocycles. The first-order chi connectivity index (χ1) is 13.2. The molecule has 0 aromatic carbocycles. The van der Waals surface area contributed by atoms with Gasteiger partial charge in [-0.3, -0.25) is 0 Å². The van der Waals surface area contributed by atoms with Crippen molar-refractivity contribution < 1.29 is 14.2 Å². The number of hydrogen-bond donors (Lipinski definition) is 2. The van der Waals surface area contributed by atoms with E-state index in [1.54, 1.807) is 6.92 Å². The van der Waals surface area contributed by atoms with Crippen LogP contribution in [0.25, 0.3) is 28.2 Å². The lowest BCUT2D eigenvalue weighted by Gasteiger charge is -2.10. The highest BCUT2D eigenvalue weighted by molar-refractivity contribution is 5.78. The summed E-state index contributed by atoms with van der Waals surface area (Å²) in [6, 6.07) is 12.6. The van der Waals surface area contributed by atoms with Gasteiger partial charge in [-0.1, -0.05) is 0 Å². The van der Waals surface area contributed by atoms with Crippen LogP contribution >= 0.6 is 0 Å². The molecule has 0 bridgehead atoms. The third-order valence-electron chi connectivity index (χ3n) is 5.26. The molecule has 4 aromatic rings. The second-order valence-corrected chi connectivity index (χ2v) is 6.89. The van der Waals surface area contributed by atoms with Crippen molar-refractivity contribution in [3.63, 3.8) is 0 Å². The summed E-state index contributed by atoms with van der Waals surface area (Å²) in [5, 5.41) is 12.2. The third-order valence-corrected chi connectivity index (χ3v) is 5.26. The Hall–Kier alpha value is -3.12. The summed E-state index contributed by atoms with van der Waals surface area (Å²) in [7, 11) is 0. The fraction of sp³-hybridized carbons (Fsp3) is 0.238. The zero-order chi connectivity index (χ0) is 18.4. The zero-order valence-corrected chi connectivity index (χ0v) is 15.2. The lowest BCUT2D eigenvalue weighted by atomic mass is 10.1. The molecule has 2 N–H and O–H groups in total. The first-order valence-corrected chi connectivity index (χ1v) is 9.21. The van der Waals surface area contributed by atoms with E-state index in [1.807, 2.05) is 30.7 Å². The van der Waals surface area contributed by atoms with E-state index in [-0.39, 0.29) is 0 Å². The summed E-state index contributed by atoms with van der Waals surface area (Å²) in [5.41, 5.74) is 4.27. The Balaban J connectivity index is 1.86. The number of pyridine rings is 2. The second kappa shape index (κ2) is 6.25. The van der Waals surface area contributed by atoms with Gasteiger partial charge in [0.25, 0.3) is 5.65 Å². The number of aromatic amines is 1. The Morgan fingerprint density at radius 3 is 2.85 bits per heavy atom. The fourth-order valence-electron chi connectivity index (χ4n) is 3.90. The van der Waals surface area contributed by atoms with E-state index < -0.39 is 0 Å². The van der Waals surface area contributed by atoms with Crippen molar-refractivity contribution in [2.24, 2.45) is 0 Å². The number of rotatable bonds is 1. The molecule has 0 unspecified atom stereocenters. The predicted molar refractivity (Wildman–Crippen MR) is 103 cm³/mol. The molecule has 1 saturated heterocycles. The van der Waals surface area contributed by atoms with Crippen LogP contribution in [0.4, 0.5) is 0 Å². The van der Waals surface area contributed by atoms with Gasteiger partial charge >= 0.3 is 0 Å². The van der Waals surface area contributed by atoms with Gasteiger partial charge in [-0.05, 0) is 25.1 Å². The number of fused-ring (bicyclic) bond motifs is 2. The fourth-order valence-corrected chi connectivity index (χ4v) is 3.90. The normalized spacial score (nSPS) is 16.3. The molecule has 6 nitrogen and oxygen atoms in total. The molecule has 5 heterocycles. The maximum Gasteiger partial charge on any atom is 0.284 e. The van der Waals surface area contributed by atoms with Gasteiger partial charge in [0, 0.05) is 30.0 Å². The van der Waals surface area contributed by atoms with Crippen LogP contribution in [0.15, 0.2) is 55.0 Å². The summed E-state index contributed by atoms with van der Waals surface area (Å²) in [5.74, 6) is 0.307.